The first kappa shape index (κ1) is 19.8. The zero-order valence-electron chi connectivity index (χ0n) is 13.9. The van der Waals surface area contributed by atoms with Crippen LogP contribution in [0.3, 0.4) is 0 Å². The van der Waals surface area contributed by atoms with Crippen LogP contribution in [0.2, 0.25) is 0 Å². The van der Waals surface area contributed by atoms with Crippen LogP contribution in [0, 0.1) is 0 Å². The molecule has 8 heteroatoms. The van der Waals surface area contributed by atoms with Gasteiger partial charge >= 0.3 is 12.1 Å². The number of benzene rings is 1. The second kappa shape index (κ2) is 9.17. The number of ether oxygens (including phenoxy) is 1. The smallest absolute Gasteiger partial charge is 0.408 e. The van der Waals surface area contributed by atoms with Crippen molar-refractivity contribution in [2.75, 3.05) is 12.3 Å². The molecule has 0 atom stereocenters. The third kappa shape index (κ3) is 9.04. The summed E-state index contributed by atoms with van der Waals surface area (Å²) in [5.74, 6) is -1.19. The van der Waals surface area contributed by atoms with E-state index in [1.54, 1.807) is 32.9 Å². The van der Waals surface area contributed by atoms with Gasteiger partial charge in [-0.3, -0.25) is 9.59 Å². The Balaban J connectivity index is 2.31. The Labute approximate surface area is 145 Å². The van der Waals surface area contributed by atoms with Crippen molar-refractivity contribution >= 4 is 29.7 Å². The zero-order chi connectivity index (χ0) is 18.2. The SMILES string of the molecule is CC(C)(C)OC(=O)NCC(=O)NCc1ccc(SCC(=O)O)cc1. The number of hydrogen-bond donors (Lipinski definition) is 3. The average molecular weight is 354 g/mol. The van der Waals surface area contributed by atoms with Crippen molar-refractivity contribution in [3.63, 3.8) is 0 Å². The molecule has 0 aliphatic carbocycles. The van der Waals surface area contributed by atoms with E-state index < -0.39 is 17.7 Å². The van der Waals surface area contributed by atoms with Gasteiger partial charge in [0.05, 0.1) is 5.75 Å². The third-order valence-corrected chi connectivity index (χ3v) is 3.56. The number of hydrogen-bond acceptors (Lipinski definition) is 5. The minimum Gasteiger partial charge on any atom is -0.481 e. The average Bonchev–Trinajstić information content (AvgIpc) is 2.48. The summed E-state index contributed by atoms with van der Waals surface area (Å²) in [5.41, 5.74) is 0.265. The van der Waals surface area contributed by atoms with Crippen molar-refractivity contribution in [3.8, 4) is 0 Å². The summed E-state index contributed by atoms with van der Waals surface area (Å²) in [6, 6.07) is 7.22. The maximum absolute atomic E-state index is 11.7. The highest BCUT2D eigenvalue weighted by molar-refractivity contribution is 8.00. The summed E-state index contributed by atoms with van der Waals surface area (Å²) in [7, 11) is 0. The minimum absolute atomic E-state index is 0.00637. The maximum atomic E-state index is 11.7. The third-order valence-electron chi connectivity index (χ3n) is 2.57. The lowest BCUT2D eigenvalue weighted by Gasteiger charge is -2.19. The van der Waals surface area contributed by atoms with Gasteiger partial charge in [0, 0.05) is 11.4 Å². The van der Waals surface area contributed by atoms with Gasteiger partial charge in [0.1, 0.15) is 12.1 Å². The highest BCUT2D eigenvalue weighted by Crippen LogP contribution is 2.18. The molecule has 2 amide bonds. The van der Waals surface area contributed by atoms with Crippen LogP contribution in [0.15, 0.2) is 29.2 Å². The van der Waals surface area contributed by atoms with Crippen molar-refractivity contribution in [2.45, 2.75) is 37.8 Å². The van der Waals surface area contributed by atoms with Gasteiger partial charge in [-0.05, 0) is 38.5 Å². The van der Waals surface area contributed by atoms with Gasteiger partial charge < -0.3 is 20.5 Å². The van der Waals surface area contributed by atoms with Crippen LogP contribution in [0.4, 0.5) is 4.79 Å². The van der Waals surface area contributed by atoms with Gasteiger partial charge in [0.25, 0.3) is 0 Å². The molecule has 0 bridgehead atoms. The van der Waals surface area contributed by atoms with Crippen molar-refractivity contribution < 1.29 is 24.2 Å². The second-order valence-electron chi connectivity index (χ2n) is 5.96. The number of carboxylic acid groups (broad SMARTS) is 1. The lowest BCUT2D eigenvalue weighted by molar-refractivity contribution is -0.133. The number of nitrogens with one attached hydrogen (secondary N) is 2. The van der Waals surface area contributed by atoms with Crippen LogP contribution in [0.1, 0.15) is 26.3 Å². The summed E-state index contributed by atoms with van der Waals surface area (Å²) in [6.45, 7) is 5.38. The number of aliphatic carboxylic acids is 1. The monoisotopic (exact) mass is 354 g/mol. The Morgan fingerprint density at radius 1 is 1.12 bits per heavy atom. The molecule has 1 aromatic rings. The van der Waals surface area contributed by atoms with E-state index >= 15 is 0 Å². The summed E-state index contributed by atoms with van der Waals surface area (Å²) >= 11 is 1.23. The number of alkyl carbamates (subject to hydrolysis) is 1. The molecule has 0 aliphatic rings. The van der Waals surface area contributed by atoms with E-state index in [1.807, 2.05) is 12.1 Å². The fourth-order valence-corrected chi connectivity index (χ4v) is 2.20. The molecule has 0 saturated heterocycles. The maximum Gasteiger partial charge on any atom is 0.408 e. The second-order valence-corrected chi connectivity index (χ2v) is 7.01. The molecular weight excluding hydrogens is 332 g/mol. The molecule has 7 nitrogen and oxygen atoms in total. The Morgan fingerprint density at radius 2 is 1.75 bits per heavy atom. The molecule has 0 saturated carbocycles. The van der Waals surface area contributed by atoms with Gasteiger partial charge in [0.15, 0.2) is 0 Å². The molecule has 1 aromatic carbocycles. The van der Waals surface area contributed by atoms with E-state index in [0.29, 0.717) is 6.54 Å². The molecule has 0 unspecified atom stereocenters. The predicted octanol–water partition coefficient (Wildman–Crippen LogP) is 2.00. The van der Waals surface area contributed by atoms with E-state index in [2.05, 4.69) is 10.6 Å². The molecule has 0 radical (unpaired) electrons. The van der Waals surface area contributed by atoms with Crippen molar-refractivity contribution in [1.29, 1.82) is 0 Å². The van der Waals surface area contributed by atoms with E-state index in [4.69, 9.17) is 9.84 Å². The van der Waals surface area contributed by atoms with Crippen molar-refractivity contribution in [2.24, 2.45) is 0 Å². The summed E-state index contributed by atoms with van der Waals surface area (Å²) in [5, 5.41) is 13.7. The normalized spacial score (nSPS) is 10.8. The first-order valence-corrected chi connectivity index (χ1v) is 8.31. The zero-order valence-corrected chi connectivity index (χ0v) is 14.7. The number of amides is 2. The molecule has 0 aliphatic heterocycles. The quantitative estimate of drug-likeness (QED) is 0.647. The molecule has 132 valence electrons. The number of thioether (sulfide) groups is 1. The van der Waals surface area contributed by atoms with Crippen LogP contribution in [0.25, 0.3) is 0 Å². The lowest BCUT2D eigenvalue weighted by Crippen LogP contribution is -2.39. The van der Waals surface area contributed by atoms with Gasteiger partial charge in [-0.2, -0.15) is 0 Å². The van der Waals surface area contributed by atoms with E-state index in [9.17, 15) is 14.4 Å². The fraction of sp³-hybridized carbons (Fsp3) is 0.438. The molecule has 1 rings (SSSR count). The van der Waals surface area contributed by atoms with E-state index in [0.717, 1.165) is 10.5 Å². The highest BCUT2D eigenvalue weighted by atomic mass is 32.2. The predicted molar refractivity (Wildman–Crippen MR) is 90.9 cm³/mol. The summed E-state index contributed by atoms with van der Waals surface area (Å²) in [4.78, 5) is 34.4. The molecule has 24 heavy (non-hydrogen) atoms. The number of carbonyl (C=O) groups is 3. The number of carbonyl (C=O) groups excluding carboxylic acids is 2. The Kier molecular flexibility index (Phi) is 7.57. The van der Waals surface area contributed by atoms with Crippen LogP contribution >= 0.6 is 11.8 Å². The Morgan fingerprint density at radius 3 is 2.29 bits per heavy atom. The first-order chi connectivity index (χ1) is 11.2. The van der Waals surface area contributed by atoms with E-state index in [1.165, 1.54) is 11.8 Å². The van der Waals surface area contributed by atoms with Gasteiger partial charge in [-0.15, -0.1) is 11.8 Å². The summed E-state index contributed by atoms with van der Waals surface area (Å²) in [6.07, 6.45) is -0.641. The Bertz CT molecular complexity index is 581. The van der Waals surface area contributed by atoms with Gasteiger partial charge in [-0.25, -0.2) is 4.79 Å². The molecule has 0 fully saturated rings. The van der Waals surface area contributed by atoms with Gasteiger partial charge in [-0.1, -0.05) is 12.1 Å². The molecule has 0 spiro atoms. The van der Waals surface area contributed by atoms with Crippen LogP contribution in [-0.4, -0.2) is 41.0 Å². The van der Waals surface area contributed by atoms with E-state index in [-0.39, 0.29) is 18.2 Å². The van der Waals surface area contributed by atoms with Crippen molar-refractivity contribution in [1.82, 2.24) is 10.6 Å². The van der Waals surface area contributed by atoms with Crippen LogP contribution in [-0.2, 0) is 20.9 Å². The lowest BCUT2D eigenvalue weighted by atomic mass is 10.2. The van der Waals surface area contributed by atoms with Crippen molar-refractivity contribution in [3.05, 3.63) is 29.8 Å². The summed E-state index contributed by atoms with van der Waals surface area (Å²) < 4.78 is 5.03. The first-order valence-electron chi connectivity index (χ1n) is 7.33. The molecule has 3 N–H and O–H groups in total. The molecule has 0 aromatic heterocycles. The van der Waals surface area contributed by atoms with Crippen LogP contribution in [0.5, 0.6) is 0 Å². The number of carboxylic acids is 1. The largest absolute Gasteiger partial charge is 0.481 e. The molecule has 0 heterocycles. The van der Waals surface area contributed by atoms with Gasteiger partial charge in [0.2, 0.25) is 5.91 Å². The topological polar surface area (TPSA) is 105 Å². The highest BCUT2D eigenvalue weighted by Gasteiger charge is 2.16. The van der Waals surface area contributed by atoms with Crippen LogP contribution < -0.4 is 10.6 Å². The molecular formula is C16H22N2O5S. The fourth-order valence-electron chi connectivity index (χ4n) is 1.58. The minimum atomic E-state index is -0.867. The Hall–Kier alpha value is -2.22. The standard InChI is InChI=1S/C16H22N2O5S/c1-16(2,3)23-15(22)18-9-13(19)17-8-11-4-6-12(7-5-11)24-10-14(20)21/h4-7H,8-10H2,1-3H3,(H,17,19)(H,18,22)(H,20,21). The number of rotatable bonds is 7.